The number of anilines is 2. The summed E-state index contributed by atoms with van der Waals surface area (Å²) in [6.07, 6.45) is 0.849. The van der Waals surface area contributed by atoms with Crippen molar-refractivity contribution in [2.45, 2.75) is 19.4 Å². The molecule has 0 spiro atoms. The minimum atomic E-state index is 0.0423. The van der Waals surface area contributed by atoms with Gasteiger partial charge in [0.1, 0.15) is 5.75 Å². The smallest absolute Gasteiger partial charge is 0.121 e. The Morgan fingerprint density at radius 3 is 2.73 bits per heavy atom. The molecule has 1 rings (SSSR count). The highest BCUT2D eigenvalue weighted by Gasteiger charge is 2.06. The van der Waals surface area contributed by atoms with E-state index >= 15 is 0 Å². The molecule has 4 heteroatoms. The number of rotatable bonds is 5. The Hall–Kier alpha value is -1.42. The van der Waals surface area contributed by atoms with Gasteiger partial charge in [0.2, 0.25) is 0 Å². The normalized spacial score (nSPS) is 12.2. The number of aliphatic hydroxyl groups excluding tert-OH is 1. The van der Waals surface area contributed by atoms with Crippen LogP contribution in [0.3, 0.4) is 0 Å². The highest BCUT2D eigenvalue weighted by Crippen LogP contribution is 2.24. The molecular formula is C11H18N2O2. The van der Waals surface area contributed by atoms with Gasteiger partial charge < -0.3 is 20.9 Å². The number of methoxy groups -OCH3 is 1. The molecule has 4 N–H and O–H groups in total. The second-order valence-corrected chi connectivity index (χ2v) is 3.39. The third-order valence-corrected chi connectivity index (χ3v) is 2.33. The number of nitrogens with one attached hydrogen (secondary N) is 1. The lowest BCUT2D eigenvalue weighted by Crippen LogP contribution is -2.23. The summed E-state index contributed by atoms with van der Waals surface area (Å²) in [5.41, 5.74) is 7.29. The van der Waals surface area contributed by atoms with Gasteiger partial charge in [-0.25, -0.2) is 0 Å². The maximum atomic E-state index is 9.05. The van der Waals surface area contributed by atoms with E-state index in [9.17, 15) is 0 Å². The second kappa shape index (κ2) is 5.46. The van der Waals surface area contributed by atoms with E-state index in [1.807, 2.05) is 19.1 Å². The first-order valence-corrected chi connectivity index (χ1v) is 5.02. The van der Waals surface area contributed by atoms with E-state index in [1.54, 1.807) is 13.2 Å². The molecule has 4 nitrogen and oxygen atoms in total. The minimum absolute atomic E-state index is 0.0423. The van der Waals surface area contributed by atoms with Crippen molar-refractivity contribution in [3.63, 3.8) is 0 Å². The molecule has 0 bridgehead atoms. The Morgan fingerprint density at radius 2 is 2.27 bits per heavy atom. The van der Waals surface area contributed by atoms with E-state index in [1.165, 1.54) is 0 Å². The predicted octanol–water partition coefficient (Wildman–Crippen LogP) is 1.46. The molecule has 1 atom stereocenters. The minimum Gasteiger partial charge on any atom is -0.497 e. The molecule has 0 aliphatic carbocycles. The van der Waals surface area contributed by atoms with E-state index in [0.717, 1.165) is 17.9 Å². The van der Waals surface area contributed by atoms with Crippen molar-refractivity contribution in [3.05, 3.63) is 18.2 Å². The first-order chi connectivity index (χ1) is 7.21. The van der Waals surface area contributed by atoms with Crippen molar-refractivity contribution in [1.82, 2.24) is 0 Å². The van der Waals surface area contributed by atoms with Crippen LogP contribution in [0.1, 0.15) is 13.3 Å². The highest BCUT2D eigenvalue weighted by atomic mass is 16.5. The number of benzene rings is 1. The molecule has 1 aromatic carbocycles. The first-order valence-electron chi connectivity index (χ1n) is 5.02. The van der Waals surface area contributed by atoms with Crippen LogP contribution in [-0.4, -0.2) is 24.9 Å². The molecule has 1 aromatic rings. The van der Waals surface area contributed by atoms with Gasteiger partial charge in [-0.15, -0.1) is 0 Å². The zero-order valence-corrected chi connectivity index (χ0v) is 9.16. The van der Waals surface area contributed by atoms with Gasteiger partial charge in [0.15, 0.2) is 0 Å². The lowest BCUT2D eigenvalue weighted by Gasteiger charge is -2.17. The summed E-state index contributed by atoms with van der Waals surface area (Å²) in [4.78, 5) is 0. The van der Waals surface area contributed by atoms with Gasteiger partial charge in [-0.05, 0) is 18.6 Å². The highest BCUT2D eigenvalue weighted by molar-refractivity contribution is 5.68. The first kappa shape index (κ1) is 11.7. The van der Waals surface area contributed by atoms with Gasteiger partial charge in [0.05, 0.1) is 25.1 Å². The average Bonchev–Trinajstić information content (AvgIpc) is 2.27. The van der Waals surface area contributed by atoms with Crippen molar-refractivity contribution < 1.29 is 9.84 Å². The molecule has 0 aromatic heterocycles. The number of nitrogen functional groups attached to an aromatic ring is 1. The van der Waals surface area contributed by atoms with E-state index in [2.05, 4.69) is 5.32 Å². The van der Waals surface area contributed by atoms with Gasteiger partial charge >= 0.3 is 0 Å². The van der Waals surface area contributed by atoms with E-state index in [4.69, 9.17) is 15.6 Å². The van der Waals surface area contributed by atoms with Gasteiger partial charge in [-0.1, -0.05) is 6.92 Å². The van der Waals surface area contributed by atoms with Crippen LogP contribution in [0.15, 0.2) is 18.2 Å². The maximum Gasteiger partial charge on any atom is 0.121 e. The zero-order chi connectivity index (χ0) is 11.3. The number of nitrogens with two attached hydrogens (primary N) is 1. The molecular weight excluding hydrogens is 192 g/mol. The summed E-state index contributed by atoms with van der Waals surface area (Å²) < 4.78 is 5.05. The lowest BCUT2D eigenvalue weighted by atomic mass is 10.2. The van der Waals surface area contributed by atoms with Crippen molar-refractivity contribution in [2.24, 2.45) is 0 Å². The lowest BCUT2D eigenvalue weighted by molar-refractivity contribution is 0.272. The third kappa shape index (κ3) is 3.02. The van der Waals surface area contributed by atoms with Crippen molar-refractivity contribution in [2.75, 3.05) is 24.8 Å². The fourth-order valence-corrected chi connectivity index (χ4v) is 1.30. The van der Waals surface area contributed by atoms with Crippen LogP contribution in [0, 0.1) is 0 Å². The summed E-state index contributed by atoms with van der Waals surface area (Å²) in [6.45, 7) is 2.11. The standard InChI is InChI=1S/C11H18N2O2/c1-3-8(7-14)13-11-5-4-9(15-2)6-10(11)12/h4-6,8,13-14H,3,7,12H2,1-2H3. The molecule has 0 radical (unpaired) electrons. The van der Waals surface area contributed by atoms with Crippen LogP contribution in [0.5, 0.6) is 5.75 Å². The van der Waals surface area contributed by atoms with Crippen LogP contribution >= 0.6 is 0 Å². The summed E-state index contributed by atoms with van der Waals surface area (Å²) in [7, 11) is 1.60. The van der Waals surface area contributed by atoms with Crippen LogP contribution in [0.2, 0.25) is 0 Å². The van der Waals surface area contributed by atoms with E-state index in [0.29, 0.717) is 5.69 Å². The summed E-state index contributed by atoms with van der Waals surface area (Å²) >= 11 is 0. The maximum absolute atomic E-state index is 9.05. The number of hydrogen-bond donors (Lipinski definition) is 3. The van der Waals surface area contributed by atoms with Crippen molar-refractivity contribution >= 4 is 11.4 Å². The van der Waals surface area contributed by atoms with Gasteiger partial charge in [0.25, 0.3) is 0 Å². The molecule has 0 saturated heterocycles. The van der Waals surface area contributed by atoms with E-state index in [-0.39, 0.29) is 12.6 Å². The topological polar surface area (TPSA) is 67.5 Å². The molecule has 0 saturated carbocycles. The largest absolute Gasteiger partial charge is 0.497 e. The molecule has 1 unspecified atom stereocenters. The van der Waals surface area contributed by atoms with Gasteiger partial charge in [-0.2, -0.15) is 0 Å². The number of hydrogen-bond acceptors (Lipinski definition) is 4. The Bertz CT molecular complexity index is 311. The monoisotopic (exact) mass is 210 g/mol. The van der Waals surface area contributed by atoms with Crippen LogP contribution in [0.4, 0.5) is 11.4 Å². The summed E-state index contributed by atoms with van der Waals surface area (Å²) in [6, 6.07) is 5.49. The average molecular weight is 210 g/mol. The van der Waals surface area contributed by atoms with Crippen LogP contribution < -0.4 is 15.8 Å². The second-order valence-electron chi connectivity index (χ2n) is 3.39. The van der Waals surface area contributed by atoms with Crippen LogP contribution in [0.25, 0.3) is 0 Å². The quantitative estimate of drug-likeness (QED) is 0.644. The number of aliphatic hydroxyl groups is 1. The number of ether oxygens (including phenoxy) is 1. The Morgan fingerprint density at radius 1 is 1.53 bits per heavy atom. The Labute approximate surface area is 90.1 Å². The summed E-state index contributed by atoms with van der Waals surface area (Å²) in [5.74, 6) is 0.732. The van der Waals surface area contributed by atoms with Gasteiger partial charge in [-0.3, -0.25) is 0 Å². The third-order valence-electron chi connectivity index (χ3n) is 2.33. The fraction of sp³-hybridized carbons (Fsp3) is 0.455. The molecule has 0 amide bonds. The van der Waals surface area contributed by atoms with Gasteiger partial charge in [0, 0.05) is 12.1 Å². The van der Waals surface area contributed by atoms with E-state index < -0.39 is 0 Å². The SMILES string of the molecule is CCC(CO)Nc1ccc(OC)cc1N. The van der Waals surface area contributed by atoms with Crippen molar-refractivity contribution in [3.8, 4) is 5.75 Å². The molecule has 15 heavy (non-hydrogen) atoms. The molecule has 0 aliphatic heterocycles. The zero-order valence-electron chi connectivity index (χ0n) is 9.16. The predicted molar refractivity (Wildman–Crippen MR) is 62.2 cm³/mol. The van der Waals surface area contributed by atoms with Crippen LogP contribution in [-0.2, 0) is 0 Å². The molecule has 0 fully saturated rings. The van der Waals surface area contributed by atoms with Crippen molar-refractivity contribution in [1.29, 1.82) is 0 Å². The Kier molecular flexibility index (Phi) is 4.24. The summed E-state index contributed by atoms with van der Waals surface area (Å²) in [5, 5.41) is 12.2. The molecule has 0 aliphatic rings. The molecule has 84 valence electrons. The molecule has 0 heterocycles. The fourth-order valence-electron chi connectivity index (χ4n) is 1.30. The Balaban J connectivity index is 2.77.